The number of rotatable bonds is 0. The highest BCUT2D eigenvalue weighted by atomic mass is 35.5. The van der Waals surface area contributed by atoms with Gasteiger partial charge in [0.2, 0.25) is 0 Å². The monoisotopic (exact) mass is 234 g/mol. The van der Waals surface area contributed by atoms with Gasteiger partial charge in [0.1, 0.15) is 11.3 Å². The Hall–Kier alpha value is -1.06. The lowest BCUT2D eigenvalue weighted by Gasteiger charge is -1.98. The van der Waals surface area contributed by atoms with E-state index < -0.39 is 0 Å². The summed E-state index contributed by atoms with van der Waals surface area (Å²) in [5.41, 5.74) is 6.41. The molecule has 0 aliphatic carbocycles. The normalized spacial score (nSPS) is 8.93. The molecule has 0 bridgehead atoms. The van der Waals surface area contributed by atoms with E-state index in [2.05, 4.69) is 4.98 Å². The summed E-state index contributed by atoms with van der Waals surface area (Å²) >= 11 is 0. The maximum Gasteiger partial charge on any atom is 0.149 e. The first-order valence-electron chi connectivity index (χ1n) is 3.57. The molecular formula is C9H9Cl2FN2. The van der Waals surface area contributed by atoms with Gasteiger partial charge in [0.25, 0.3) is 0 Å². The molecule has 0 spiro atoms. The average Bonchev–Trinajstić information content (AvgIpc) is 2.04. The molecule has 0 unspecified atom stereocenters. The van der Waals surface area contributed by atoms with Gasteiger partial charge in [0, 0.05) is 5.39 Å². The number of aromatic nitrogens is 1. The van der Waals surface area contributed by atoms with Crippen LogP contribution in [0.2, 0.25) is 0 Å². The third-order valence-corrected chi connectivity index (χ3v) is 1.68. The molecule has 2 N–H and O–H groups in total. The van der Waals surface area contributed by atoms with Gasteiger partial charge in [0.15, 0.2) is 0 Å². The zero-order valence-corrected chi connectivity index (χ0v) is 8.74. The Morgan fingerprint density at radius 2 is 1.93 bits per heavy atom. The molecule has 2 nitrogen and oxygen atoms in total. The van der Waals surface area contributed by atoms with Crippen LogP contribution >= 0.6 is 24.8 Å². The summed E-state index contributed by atoms with van der Waals surface area (Å²) in [6.45, 7) is 0. The summed E-state index contributed by atoms with van der Waals surface area (Å²) < 4.78 is 13.0. The van der Waals surface area contributed by atoms with Gasteiger partial charge in [-0.15, -0.1) is 24.8 Å². The summed E-state index contributed by atoms with van der Waals surface area (Å²) in [5, 5.41) is 0.731. The number of nitrogen functional groups attached to an aromatic ring is 1. The van der Waals surface area contributed by atoms with E-state index in [1.54, 1.807) is 18.2 Å². The fraction of sp³-hybridized carbons (Fsp3) is 0. The van der Waals surface area contributed by atoms with Crippen molar-refractivity contribution in [1.29, 1.82) is 0 Å². The summed E-state index contributed by atoms with van der Waals surface area (Å²) in [7, 11) is 0. The maximum absolute atomic E-state index is 13.0. The highest BCUT2D eigenvalue weighted by Crippen LogP contribution is 2.16. The van der Waals surface area contributed by atoms with Crippen molar-refractivity contribution in [1.82, 2.24) is 4.98 Å². The van der Waals surface area contributed by atoms with Crippen LogP contribution in [0.5, 0.6) is 0 Å². The Balaban J connectivity index is 0.000000845. The molecule has 5 heteroatoms. The number of halogens is 3. The zero-order chi connectivity index (χ0) is 8.55. The number of nitrogens with zero attached hydrogens (tertiary/aromatic N) is 1. The molecule has 0 saturated carbocycles. The Labute approximate surface area is 93.1 Å². The first-order valence-corrected chi connectivity index (χ1v) is 3.57. The predicted octanol–water partition coefficient (Wildman–Crippen LogP) is 2.80. The number of fused-ring (bicyclic) bond motifs is 1. The van der Waals surface area contributed by atoms with Crippen LogP contribution in [0.25, 0.3) is 10.9 Å². The van der Waals surface area contributed by atoms with Crippen LogP contribution in [0, 0.1) is 5.82 Å². The van der Waals surface area contributed by atoms with Crippen LogP contribution in [0.3, 0.4) is 0 Å². The molecular weight excluding hydrogens is 226 g/mol. The van der Waals surface area contributed by atoms with Crippen molar-refractivity contribution in [3.05, 3.63) is 36.3 Å². The molecule has 0 atom stereocenters. The number of para-hydroxylation sites is 1. The molecule has 1 aromatic carbocycles. The maximum atomic E-state index is 13.0. The highest BCUT2D eigenvalue weighted by Gasteiger charge is 1.99. The molecule has 1 aromatic heterocycles. The van der Waals surface area contributed by atoms with Gasteiger partial charge in [-0.1, -0.05) is 12.1 Å². The van der Waals surface area contributed by atoms with E-state index in [1.807, 2.05) is 0 Å². The number of benzene rings is 1. The fourth-order valence-corrected chi connectivity index (χ4v) is 1.14. The van der Waals surface area contributed by atoms with E-state index in [1.165, 1.54) is 12.3 Å². The van der Waals surface area contributed by atoms with Gasteiger partial charge in [-0.05, 0) is 12.1 Å². The third kappa shape index (κ3) is 2.25. The fourth-order valence-electron chi connectivity index (χ4n) is 1.14. The van der Waals surface area contributed by atoms with Gasteiger partial charge in [-0.2, -0.15) is 0 Å². The number of hydrogen-bond acceptors (Lipinski definition) is 2. The van der Waals surface area contributed by atoms with Crippen molar-refractivity contribution in [3.63, 3.8) is 0 Å². The van der Waals surface area contributed by atoms with E-state index in [4.69, 9.17) is 5.73 Å². The lowest BCUT2D eigenvalue weighted by atomic mass is 10.2. The van der Waals surface area contributed by atoms with Gasteiger partial charge in [-0.3, -0.25) is 4.98 Å². The topological polar surface area (TPSA) is 38.9 Å². The summed E-state index contributed by atoms with van der Waals surface area (Å²) in [5.74, 6) is -0.312. The van der Waals surface area contributed by atoms with E-state index in [0.29, 0.717) is 11.2 Å². The lowest BCUT2D eigenvalue weighted by Crippen LogP contribution is -1.88. The van der Waals surface area contributed by atoms with Crippen LogP contribution in [0.4, 0.5) is 10.1 Å². The Bertz CT molecular complexity index is 434. The van der Waals surface area contributed by atoms with Crippen molar-refractivity contribution >= 4 is 41.4 Å². The summed E-state index contributed by atoms with van der Waals surface area (Å²) in [4.78, 5) is 3.88. The second kappa shape index (κ2) is 4.98. The largest absolute Gasteiger partial charge is 0.397 e. The van der Waals surface area contributed by atoms with E-state index in [9.17, 15) is 4.39 Å². The van der Waals surface area contributed by atoms with Crippen molar-refractivity contribution in [2.24, 2.45) is 0 Å². The van der Waals surface area contributed by atoms with Crippen LogP contribution < -0.4 is 5.73 Å². The Kier molecular flexibility index (Phi) is 4.60. The van der Waals surface area contributed by atoms with Crippen LogP contribution in [0.15, 0.2) is 30.5 Å². The SMILES string of the molecule is Cl.Cl.Nc1cnc2c(F)cccc2c1. The number of anilines is 1. The van der Waals surface area contributed by atoms with Crippen molar-refractivity contribution in [3.8, 4) is 0 Å². The summed E-state index contributed by atoms with van der Waals surface area (Å²) in [6, 6.07) is 6.50. The molecule has 0 saturated heterocycles. The average molecular weight is 235 g/mol. The number of nitrogens with two attached hydrogens (primary N) is 1. The molecule has 2 aromatic rings. The van der Waals surface area contributed by atoms with E-state index in [0.717, 1.165) is 5.39 Å². The smallest absolute Gasteiger partial charge is 0.149 e. The zero-order valence-electron chi connectivity index (χ0n) is 7.11. The van der Waals surface area contributed by atoms with Crippen molar-refractivity contribution in [2.45, 2.75) is 0 Å². The van der Waals surface area contributed by atoms with Crippen LogP contribution in [0.1, 0.15) is 0 Å². The van der Waals surface area contributed by atoms with Gasteiger partial charge < -0.3 is 5.73 Å². The quantitative estimate of drug-likeness (QED) is 0.762. The molecule has 76 valence electrons. The van der Waals surface area contributed by atoms with Gasteiger partial charge >= 0.3 is 0 Å². The number of hydrogen-bond donors (Lipinski definition) is 1. The second-order valence-electron chi connectivity index (χ2n) is 2.58. The molecule has 0 aliphatic rings. The Morgan fingerprint density at radius 1 is 1.21 bits per heavy atom. The van der Waals surface area contributed by atoms with Gasteiger partial charge in [-0.25, -0.2) is 4.39 Å². The second-order valence-corrected chi connectivity index (χ2v) is 2.58. The number of pyridine rings is 1. The molecule has 0 radical (unpaired) electrons. The Morgan fingerprint density at radius 3 is 2.64 bits per heavy atom. The molecule has 0 aliphatic heterocycles. The molecule has 0 fully saturated rings. The standard InChI is InChI=1S/C9H7FN2.2ClH/c10-8-3-1-2-6-4-7(11)5-12-9(6)8;;/h1-5H,11H2;2*1H. The third-order valence-electron chi connectivity index (χ3n) is 1.68. The predicted molar refractivity (Wildman–Crippen MR) is 60.6 cm³/mol. The van der Waals surface area contributed by atoms with Crippen LogP contribution in [-0.4, -0.2) is 4.98 Å². The minimum absolute atomic E-state index is 0. The first kappa shape index (κ1) is 12.9. The minimum atomic E-state index is -0.312. The van der Waals surface area contributed by atoms with E-state index in [-0.39, 0.29) is 30.6 Å². The van der Waals surface area contributed by atoms with Crippen LogP contribution in [-0.2, 0) is 0 Å². The minimum Gasteiger partial charge on any atom is -0.397 e. The van der Waals surface area contributed by atoms with Crippen molar-refractivity contribution < 1.29 is 4.39 Å². The molecule has 2 rings (SSSR count). The lowest BCUT2D eigenvalue weighted by molar-refractivity contribution is 0.637. The molecule has 1 heterocycles. The summed E-state index contributed by atoms with van der Waals surface area (Å²) in [6.07, 6.45) is 1.45. The molecule has 14 heavy (non-hydrogen) atoms. The van der Waals surface area contributed by atoms with E-state index >= 15 is 0 Å². The van der Waals surface area contributed by atoms with Gasteiger partial charge in [0.05, 0.1) is 11.9 Å². The molecule has 0 amide bonds. The first-order chi connectivity index (χ1) is 5.77. The highest BCUT2D eigenvalue weighted by molar-refractivity contribution is 5.85. The van der Waals surface area contributed by atoms with Crippen molar-refractivity contribution in [2.75, 3.05) is 5.73 Å².